The predicted molar refractivity (Wildman–Crippen MR) is 67.5 cm³/mol. The number of phenols is 1. The molecule has 0 unspecified atom stereocenters. The lowest BCUT2D eigenvalue weighted by Crippen LogP contribution is -2.22. The Balaban J connectivity index is 2.61. The molecule has 0 radical (unpaired) electrons. The Bertz CT molecular complexity index is 341. The van der Waals surface area contributed by atoms with Crippen molar-refractivity contribution in [2.45, 2.75) is 13.5 Å². The number of benzene rings is 1. The third-order valence-corrected chi connectivity index (χ3v) is 2.45. The van der Waals surface area contributed by atoms with Gasteiger partial charge in [0.15, 0.2) is 11.5 Å². The van der Waals surface area contributed by atoms with Crippen LogP contribution in [0, 0.1) is 0 Å². The van der Waals surface area contributed by atoms with Crippen LogP contribution in [0.25, 0.3) is 0 Å². The summed E-state index contributed by atoms with van der Waals surface area (Å²) in [5.41, 5.74) is 1.12. The lowest BCUT2D eigenvalue weighted by Gasteiger charge is -2.16. The monoisotopic (exact) mass is 239 g/mol. The molecule has 0 aliphatic rings. The molecule has 0 saturated carbocycles. The highest BCUT2D eigenvalue weighted by molar-refractivity contribution is 5.41. The van der Waals surface area contributed by atoms with Gasteiger partial charge in [0.05, 0.1) is 13.2 Å². The number of ether oxygens (including phenoxy) is 2. The maximum atomic E-state index is 9.58. The summed E-state index contributed by atoms with van der Waals surface area (Å²) in [7, 11) is 3.73. The second kappa shape index (κ2) is 7.14. The van der Waals surface area contributed by atoms with Crippen molar-refractivity contribution in [3.8, 4) is 11.5 Å². The van der Waals surface area contributed by atoms with Gasteiger partial charge < -0.3 is 14.6 Å². The highest BCUT2D eigenvalue weighted by atomic mass is 16.5. The van der Waals surface area contributed by atoms with Gasteiger partial charge >= 0.3 is 0 Å². The molecule has 1 N–H and O–H groups in total. The zero-order valence-corrected chi connectivity index (χ0v) is 10.8. The first-order valence-corrected chi connectivity index (χ1v) is 5.79. The van der Waals surface area contributed by atoms with Crippen LogP contribution < -0.4 is 4.74 Å². The van der Waals surface area contributed by atoms with Crippen LogP contribution in [0.2, 0.25) is 0 Å². The number of methoxy groups -OCH3 is 1. The van der Waals surface area contributed by atoms with Crippen LogP contribution in [0.4, 0.5) is 0 Å². The van der Waals surface area contributed by atoms with E-state index in [-0.39, 0.29) is 5.75 Å². The first kappa shape index (κ1) is 13.8. The number of nitrogens with zero attached hydrogens (tertiary/aromatic N) is 1. The molecule has 0 aromatic heterocycles. The first-order valence-electron chi connectivity index (χ1n) is 5.79. The van der Waals surface area contributed by atoms with Gasteiger partial charge in [-0.15, -0.1) is 0 Å². The molecule has 0 atom stereocenters. The minimum absolute atomic E-state index is 0.190. The third-order valence-electron chi connectivity index (χ3n) is 2.45. The molecule has 0 amide bonds. The van der Waals surface area contributed by atoms with Crippen LogP contribution in [-0.2, 0) is 11.3 Å². The van der Waals surface area contributed by atoms with Crippen molar-refractivity contribution in [1.82, 2.24) is 4.90 Å². The van der Waals surface area contributed by atoms with Crippen molar-refractivity contribution in [3.63, 3.8) is 0 Å². The summed E-state index contributed by atoms with van der Waals surface area (Å²) in [5.74, 6) is 0.736. The maximum Gasteiger partial charge on any atom is 0.161 e. The quantitative estimate of drug-likeness (QED) is 0.788. The normalized spacial score (nSPS) is 10.8. The zero-order chi connectivity index (χ0) is 12.7. The second-order valence-corrected chi connectivity index (χ2v) is 3.97. The number of aromatic hydroxyl groups is 1. The standard InChI is InChI=1S/C13H21NO3/c1-4-17-13-9-11(5-6-12(13)15)10-14(2)7-8-16-3/h5-6,9,15H,4,7-8,10H2,1-3H3. The van der Waals surface area contributed by atoms with E-state index in [1.165, 1.54) is 0 Å². The molecule has 96 valence electrons. The van der Waals surface area contributed by atoms with E-state index in [1.54, 1.807) is 13.2 Å². The van der Waals surface area contributed by atoms with Crippen LogP contribution in [0.1, 0.15) is 12.5 Å². The molecular weight excluding hydrogens is 218 g/mol. The average molecular weight is 239 g/mol. The zero-order valence-electron chi connectivity index (χ0n) is 10.8. The smallest absolute Gasteiger partial charge is 0.161 e. The van der Waals surface area contributed by atoms with Gasteiger partial charge in [0.25, 0.3) is 0 Å². The van der Waals surface area contributed by atoms with Gasteiger partial charge in [0, 0.05) is 20.2 Å². The van der Waals surface area contributed by atoms with Crippen LogP contribution >= 0.6 is 0 Å². The SMILES string of the molecule is CCOc1cc(CN(C)CCOC)ccc1O. The van der Waals surface area contributed by atoms with Crippen molar-refractivity contribution in [2.75, 3.05) is 33.9 Å². The summed E-state index contributed by atoms with van der Waals surface area (Å²) < 4.78 is 10.4. The minimum Gasteiger partial charge on any atom is -0.504 e. The van der Waals surface area contributed by atoms with Gasteiger partial charge in [-0.3, -0.25) is 4.90 Å². The van der Waals surface area contributed by atoms with Gasteiger partial charge in [-0.2, -0.15) is 0 Å². The molecule has 0 spiro atoms. The number of rotatable bonds is 7. The van der Waals surface area contributed by atoms with E-state index in [2.05, 4.69) is 4.90 Å². The molecule has 1 aromatic carbocycles. The molecule has 0 aliphatic carbocycles. The van der Waals surface area contributed by atoms with Crippen LogP contribution in [-0.4, -0.2) is 43.9 Å². The lowest BCUT2D eigenvalue weighted by molar-refractivity contribution is 0.158. The Morgan fingerprint density at radius 2 is 2.12 bits per heavy atom. The van der Waals surface area contributed by atoms with Crippen LogP contribution in [0.5, 0.6) is 11.5 Å². The number of hydrogen-bond donors (Lipinski definition) is 1. The van der Waals surface area contributed by atoms with Gasteiger partial charge in [-0.05, 0) is 31.7 Å². The summed E-state index contributed by atoms with van der Waals surface area (Å²) in [4.78, 5) is 2.16. The Morgan fingerprint density at radius 1 is 1.35 bits per heavy atom. The number of phenolic OH excluding ortho intramolecular Hbond substituents is 1. The molecule has 4 nitrogen and oxygen atoms in total. The Hall–Kier alpha value is -1.26. The molecule has 1 rings (SSSR count). The summed E-state index contributed by atoms with van der Waals surface area (Å²) in [6.07, 6.45) is 0. The van der Waals surface area contributed by atoms with Gasteiger partial charge in [0.2, 0.25) is 0 Å². The minimum atomic E-state index is 0.190. The van der Waals surface area contributed by atoms with Crippen molar-refractivity contribution < 1.29 is 14.6 Å². The van der Waals surface area contributed by atoms with E-state index in [4.69, 9.17) is 9.47 Å². The molecule has 0 fully saturated rings. The second-order valence-electron chi connectivity index (χ2n) is 3.97. The Labute approximate surface area is 103 Å². The molecule has 0 bridgehead atoms. The summed E-state index contributed by atoms with van der Waals surface area (Å²) in [5, 5.41) is 9.58. The number of hydrogen-bond acceptors (Lipinski definition) is 4. The largest absolute Gasteiger partial charge is 0.504 e. The molecule has 1 aromatic rings. The van der Waals surface area contributed by atoms with Crippen LogP contribution in [0.3, 0.4) is 0 Å². The number of likely N-dealkylation sites (N-methyl/N-ethyl adjacent to an activating group) is 1. The highest BCUT2D eigenvalue weighted by Crippen LogP contribution is 2.27. The summed E-state index contributed by atoms with van der Waals surface area (Å²) in [6.45, 7) is 4.85. The Morgan fingerprint density at radius 3 is 2.76 bits per heavy atom. The fourth-order valence-corrected chi connectivity index (χ4v) is 1.57. The van der Waals surface area contributed by atoms with Gasteiger partial charge in [-0.1, -0.05) is 6.07 Å². The van der Waals surface area contributed by atoms with Gasteiger partial charge in [-0.25, -0.2) is 0 Å². The summed E-state index contributed by atoms with van der Waals surface area (Å²) >= 11 is 0. The molecule has 0 saturated heterocycles. The fraction of sp³-hybridized carbons (Fsp3) is 0.538. The first-order chi connectivity index (χ1) is 8.17. The molecule has 17 heavy (non-hydrogen) atoms. The summed E-state index contributed by atoms with van der Waals surface area (Å²) in [6, 6.07) is 5.45. The molecule has 4 heteroatoms. The van der Waals surface area contributed by atoms with Gasteiger partial charge in [0.1, 0.15) is 0 Å². The van der Waals surface area contributed by atoms with Crippen molar-refractivity contribution in [1.29, 1.82) is 0 Å². The van der Waals surface area contributed by atoms with E-state index in [9.17, 15) is 5.11 Å². The molecule has 0 heterocycles. The third kappa shape index (κ3) is 4.63. The molecule has 0 aliphatic heterocycles. The van der Waals surface area contributed by atoms with E-state index in [0.717, 1.165) is 18.7 Å². The Kier molecular flexibility index (Phi) is 5.80. The fourth-order valence-electron chi connectivity index (χ4n) is 1.57. The average Bonchev–Trinajstić information content (AvgIpc) is 2.31. The van der Waals surface area contributed by atoms with Crippen LogP contribution in [0.15, 0.2) is 18.2 Å². The predicted octanol–water partition coefficient (Wildman–Crippen LogP) is 1.87. The molecular formula is C13H21NO3. The van der Waals surface area contributed by atoms with Crippen molar-refractivity contribution in [3.05, 3.63) is 23.8 Å². The van der Waals surface area contributed by atoms with E-state index < -0.39 is 0 Å². The van der Waals surface area contributed by atoms with E-state index in [1.807, 2.05) is 26.1 Å². The van der Waals surface area contributed by atoms with Crippen molar-refractivity contribution in [2.24, 2.45) is 0 Å². The highest BCUT2D eigenvalue weighted by Gasteiger charge is 2.05. The maximum absolute atomic E-state index is 9.58. The van der Waals surface area contributed by atoms with E-state index >= 15 is 0 Å². The lowest BCUT2D eigenvalue weighted by atomic mass is 10.2. The van der Waals surface area contributed by atoms with E-state index in [0.29, 0.717) is 19.0 Å². The van der Waals surface area contributed by atoms with Crippen molar-refractivity contribution >= 4 is 0 Å². The topological polar surface area (TPSA) is 41.9 Å².